The van der Waals surface area contributed by atoms with Crippen molar-refractivity contribution >= 4 is 5.69 Å². The summed E-state index contributed by atoms with van der Waals surface area (Å²) in [5.74, 6) is 0. The number of piperazine rings is 1. The maximum absolute atomic E-state index is 3.38. The first kappa shape index (κ1) is 12.1. The first-order valence-electron chi connectivity index (χ1n) is 5.31. The van der Waals surface area contributed by atoms with E-state index in [4.69, 9.17) is 0 Å². The van der Waals surface area contributed by atoms with Gasteiger partial charge in [-0.1, -0.05) is 19.6 Å². The number of aryl methyl sites for hydroxylation is 1. The molecular weight excluding hydrogens is 184 g/mol. The van der Waals surface area contributed by atoms with Gasteiger partial charge in [0.2, 0.25) is 0 Å². The van der Waals surface area contributed by atoms with Gasteiger partial charge in [-0.2, -0.15) is 0 Å². The summed E-state index contributed by atoms with van der Waals surface area (Å²) < 4.78 is 0. The molecule has 84 valence electrons. The fourth-order valence-electron chi connectivity index (χ4n) is 1.98. The maximum atomic E-state index is 3.38. The molecule has 0 radical (unpaired) electrons. The normalized spacial score (nSPS) is 16.0. The number of hydrogen-bond donors (Lipinski definition) is 1. The van der Waals surface area contributed by atoms with Crippen LogP contribution in [-0.4, -0.2) is 26.2 Å². The average molecular weight is 206 g/mol. The summed E-state index contributed by atoms with van der Waals surface area (Å²) >= 11 is 0. The number of hydrogen-bond acceptors (Lipinski definition) is 2. The van der Waals surface area contributed by atoms with Crippen molar-refractivity contribution in [2.45, 2.75) is 21.3 Å². The smallest absolute Gasteiger partial charge is 0.0399 e. The van der Waals surface area contributed by atoms with Crippen molar-refractivity contribution in [3.8, 4) is 0 Å². The van der Waals surface area contributed by atoms with Crippen LogP contribution >= 0.6 is 0 Å². The predicted octanol–water partition coefficient (Wildman–Crippen LogP) is 2.35. The van der Waals surface area contributed by atoms with Crippen molar-refractivity contribution in [3.05, 3.63) is 29.3 Å². The van der Waals surface area contributed by atoms with Crippen LogP contribution in [0, 0.1) is 13.8 Å². The van der Waals surface area contributed by atoms with Crippen LogP contribution in [0.2, 0.25) is 0 Å². The molecule has 1 saturated heterocycles. The van der Waals surface area contributed by atoms with Crippen LogP contribution in [0.5, 0.6) is 0 Å². The van der Waals surface area contributed by atoms with Gasteiger partial charge in [0, 0.05) is 31.9 Å². The monoisotopic (exact) mass is 206 g/mol. The fraction of sp³-hybridized carbons (Fsp3) is 0.538. The largest absolute Gasteiger partial charge is 0.369 e. The molecule has 0 spiro atoms. The second kappa shape index (κ2) is 5.17. The Morgan fingerprint density at radius 3 is 2.47 bits per heavy atom. The van der Waals surface area contributed by atoms with E-state index in [9.17, 15) is 0 Å². The highest BCUT2D eigenvalue weighted by molar-refractivity contribution is 5.56. The highest BCUT2D eigenvalue weighted by Gasteiger charge is 2.12. The van der Waals surface area contributed by atoms with E-state index < -0.39 is 0 Å². The highest BCUT2D eigenvalue weighted by atomic mass is 15.2. The van der Waals surface area contributed by atoms with E-state index in [-0.39, 0.29) is 7.43 Å². The molecule has 2 rings (SSSR count). The van der Waals surface area contributed by atoms with Gasteiger partial charge in [0.15, 0.2) is 0 Å². The van der Waals surface area contributed by atoms with Gasteiger partial charge in [0.25, 0.3) is 0 Å². The number of nitrogens with zero attached hydrogens (tertiary/aromatic N) is 1. The first-order valence-corrected chi connectivity index (χ1v) is 5.31. The Hall–Kier alpha value is -1.02. The predicted molar refractivity (Wildman–Crippen MR) is 67.7 cm³/mol. The summed E-state index contributed by atoms with van der Waals surface area (Å²) in [6.45, 7) is 8.86. The van der Waals surface area contributed by atoms with E-state index in [0.717, 1.165) is 26.2 Å². The third kappa shape index (κ3) is 2.51. The molecule has 15 heavy (non-hydrogen) atoms. The van der Waals surface area contributed by atoms with E-state index in [1.807, 2.05) is 0 Å². The number of nitrogens with one attached hydrogen (secondary N) is 1. The van der Waals surface area contributed by atoms with Crippen molar-refractivity contribution in [1.82, 2.24) is 5.32 Å². The number of anilines is 1. The molecule has 0 aliphatic carbocycles. The summed E-state index contributed by atoms with van der Waals surface area (Å²) in [5.41, 5.74) is 4.22. The van der Waals surface area contributed by atoms with Gasteiger partial charge < -0.3 is 10.2 Å². The average Bonchev–Trinajstić information content (AvgIpc) is 2.23. The van der Waals surface area contributed by atoms with Gasteiger partial charge in [-0.05, 0) is 31.0 Å². The van der Waals surface area contributed by atoms with Crippen molar-refractivity contribution in [1.29, 1.82) is 0 Å². The molecule has 0 unspecified atom stereocenters. The van der Waals surface area contributed by atoms with Crippen LogP contribution in [0.3, 0.4) is 0 Å². The minimum absolute atomic E-state index is 0. The summed E-state index contributed by atoms with van der Waals surface area (Å²) in [7, 11) is 0. The summed E-state index contributed by atoms with van der Waals surface area (Å²) in [6, 6.07) is 6.56. The number of benzene rings is 1. The quantitative estimate of drug-likeness (QED) is 0.759. The lowest BCUT2D eigenvalue weighted by Gasteiger charge is -2.31. The molecule has 1 aliphatic rings. The van der Waals surface area contributed by atoms with Gasteiger partial charge in [0.05, 0.1) is 0 Å². The Labute approximate surface area is 93.3 Å². The van der Waals surface area contributed by atoms with E-state index in [1.165, 1.54) is 16.8 Å². The molecule has 2 nitrogen and oxygen atoms in total. The van der Waals surface area contributed by atoms with Crippen molar-refractivity contribution in [3.63, 3.8) is 0 Å². The number of rotatable bonds is 1. The molecular formula is C13H22N2. The van der Waals surface area contributed by atoms with Crippen LogP contribution in [0.1, 0.15) is 18.6 Å². The lowest BCUT2D eigenvalue weighted by Crippen LogP contribution is -2.43. The van der Waals surface area contributed by atoms with Crippen LogP contribution in [0.15, 0.2) is 18.2 Å². The Morgan fingerprint density at radius 1 is 1.13 bits per heavy atom. The van der Waals surface area contributed by atoms with Gasteiger partial charge in [0.1, 0.15) is 0 Å². The molecule has 0 atom stereocenters. The van der Waals surface area contributed by atoms with E-state index in [1.54, 1.807) is 0 Å². The van der Waals surface area contributed by atoms with E-state index in [0.29, 0.717) is 0 Å². The van der Waals surface area contributed by atoms with Crippen LogP contribution < -0.4 is 10.2 Å². The topological polar surface area (TPSA) is 15.3 Å². The SMILES string of the molecule is C.Cc1cccc(N2CCNCC2)c1C. The molecule has 0 bridgehead atoms. The molecule has 0 saturated carbocycles. The zero-order valence-corrected chi connectivity index (χ0v) is 9.01. The first-order chi connectivity index (χ1) is 6.79. The van der Waals surface area contributed by atoms with Gasteiger partial charge in [-0.3, -0.25) is 0 Å². The molecule has 0 aromatic heterocycles. The van der Waals surface area contributed by atoms with Crippen LogP contribution in [-0.2, 0) is 0 Å². The fourth-order valence-corrected chi connectivity index (χ4v) is 1.98. The Bertz CT molecular complexity index is 314. The zero-order chi connectivity index (χ0) is 9.97. The third-order valence-corrected chi connectivity index (χ3v) is 3.03. The summed E-state index contributed by atoms with van der Waals surface area (Å²) in [6.07, 6.45) is 0. The van der Waals surface area contributed by atoms with Gasteiger partial charge >= 0.3 is 0 Å². The molecule has 1 aromatic rings. The second-order valence-electron chi connectivity index (χ2n) is 3.96. The molecule has 1 fully saturated rings. The third-order valence-electron chi connectivity index (χ3n) is 3.03. The zero-order valence-electron chi connectivity index (χ0n) is 9.01. The van der Waals surface area contributed by atoms with Crippen molar-refractivity contribution in [2.24, 2.45) is 0 Å². The molecule has 2 heteroatoms. The minimum Gasteiger partial charge on any atom is -0.369 e. The summed E-state index contributed by atoms with van der Waals surface area (Å²) in [4.78, 5) is 2.47. The van der Waals surface area contributed by atoms with Gasteiger partial charge in [-0.15, -0.1) is 0 Å². The van der Waals surface area contributed by atoms with Crippen molar-refractivity contribution in [2.75, 3.05) is 31.1 Å². The standard InChI is InChI=1S/C12H18N2.CH4/c1-10-4-3-5-12(11(10)2)14-8-6-13-7-9-14;/h3-5,13H,6-9H2,1-2H3;1H4. The van der Waals surface area contributed by atoms with Crippen LogP contribution in [0.4, 0.5) is 5.69 Å². The minimum atomic E-state index is 0. The Kier molecular flexibility index (Phi) is 4.15. The van der Waals surface area contributed by atoms with Gasteiger partial charge in [-0.25, -0.2) is 0 Å². The maximum Gasteiger partial charge on any atom is 0.0399 e. The van der Waals surface area contributed by atoms with Crippen LogP contribution in [0.25, 0.3) is 0 Å². The van der Waals surface area contributed by atoms with E-state index >= 15 is 0 Å². The highest BCUT2D eigenvalue weighted by Crippen LogP contribution is 2.22. The molecule has 1 aromatic carbocycles. The molecule has 1 N–H and O–H groups in total. The lowest BCUT2D eigenvalue weighted by atomic mass is 10.1. The summed E-state index contributed by atoms with van der Waals surface area (Å²) in [5, 5.41) is 3.38. The Morgan fingerprint density at radius 2 is 1.80 bits per heavy atom. The molecule has 1 aliphatic heterocycles. The Balaban J connectivity index is 0.00000112. The molecule has 0 amide bonds. The molecule has 1 heterocycles. The second-order valence-corrected chi connectivity index (χ2v) is 3.96. The van der Waals surface area contributed by atoms with E-state index in [2.05, 4.69) is 42.3 Å². The lowest BCUT2D eigenvalue weighted by molar-refractivity contribution is 0.588. The van der Waals surface area contributed by atoms with Crippen molar-refractivity contribution < 1.29 is 0 Å².